The zero-order valence-electron chi connectivity index (χ0n) is 13.4. The summed E-state index contributed by atoms with van der Waals surface area (Å²) in [4.78, 5) is 13.6. The number of halogens is 1. The van der Waals surface area contributed by atoms with Gasteiger partial charge in [0.1, 0.15) is 16.9 Å². The molecule has 0 spiro atoms. The average molecular weight is 367 g/mol. The first-order valence-corrected chi connectivity index (χ1v) is 10.5. The van der Waals surface area contributed by atoms with Crippen LogP contribution in [0.3, 0.4) is 0 Å². The Morgan fingerprint density at radius 3 is 2.79 bits per heavy atom. The summed E-state index contributed by atoms with van der Waals surface area (Å²) in [6.07, 6.45) is 6.60. The SMILES string of the molecule is CCCc1nc2cnc3cccnc3c2n1CCCCS(=O)(=O)Cl. The summed E-state index contributed by atoms with van der Waals surface area (Å²) in [6.45, 7) is 2.80. The van der Waals surface area contributed by atoms with E-state index in [2.05, 4.69) is 21.5 Å². The zero-order chi connectivity index (χ0) is 17.2. The van der Waals surface area contributed by atoms with Crippen LogP contribution >= 0.6 is 10.7 Å². The minimum absolute atomic E-state index is 0.00908. The highest BCUT2D eigenvalue weighted by Crippen LogP contribution is 2.24. The average Bonchev–Trinajstić information content (AvgIpc) is 2.89. The van der Waals surface area contributed by atoms with E-state index in [0.29, 0.717) is 19.4 Å². The van der Waals surface area contributed by atoms with Gasteiger partial charge in [0.15, 0.2) is 0 Å². The van der Waals surface area contributed by atoms with E-state index >= 15 is 0 Å². The minimum Gasteiger partial charge on any atom is -0.326 e. The Morgan fingerprint density at radius 2 is 2.04 bits per heavy atom. The summed E-state index contributed by atoms with van der Waals surface area (Å²) >= 11 is 0. The molecule has 128 valence electrons. The van der Waals surface area contributed by atoms with E-state index in [0.717, 1.165) is 40.7 Å². The van der Waals surface area contributed by atoms with Crippen LogP contribution in [0.25, 0.3) is 22.1 Å². The Bertz CT molecular complexity index is 969. The maximum Gasteiger partial charge on any atom is 0.232 e. The Hall–Kier alpha value is -1.73. The molecule has 3 rings (SSSR count). The highest BCUT2D eigenvalue weighted by atomic mass is 35.7. The first kappa shape index (κ1) is 17.1. The van der Waals surface area contributed by atoms with Gasteiger partial charge in [-0.25, -0.2) is 13.4 Å². The summed E-state index contributed by atoms with van der Waals surface area (Å²) in [5.74, 6) is 0.978. The molecule has 0 amide bonds. The Morgan fingerprint density at radius 1 is 1.21 bits per heavy atom. The molecule has 0 aliphatic rings. The van der Waals surface area contributed by atoms with E-state index in [-0.39, 0.29) is 5.75 Å². The van der Waals surface area contributed by atoms with E-state index in [1.165, 1.54) is 0 Å². The second kappa shape index (κ2) is 7.03. The van der Waals surface area contributed by atoms with Crippen molar-refractivity contribution in [1.29, 1.82) is 0 Å². The molecule has 0 aromatic carbocycles. The molecular weight excluding hydrogens is 348 g/mol. The molecule has 3 heterocycles. The third-order valence-corrected chi connectivity index (χ3v) is 5.14. The topological polar surface area (TPSA) is 77.7 Å². The maximum atomic E-state index is 11.1. The van der Waals surface area contributed by atoms with Gasteiger partial charge in [0.2, 0.25) is 9.05 Å². The second-order valence-electron chi connectivity index (χ2n) is 5.74. The number of unbranched alkanes of at least 4 members (excludes halogenated alkanes) is 1. The van der Waals surface area contributed by atoms with Crippen molar-refractivity contribution in [1.82, 2.24) is 19.5 Å². The molecule has 0 bridgehead atoms. The van der Waals surface area contributed by atoms with Gasteiger partial charge < -0.3 is 4.57 Å². The van der Waals surface area contributed by atoms with Gasteiger partial charge in [0.05, 0.1) is 23.0 Å². The van der Waals surface area contributed by atoms with Crippen LogP contribution in [0.15, 0.2) is 24.5 Å². The molecule has 0 atom stereocenters. The molecule has 3 aromatic rings. The fourth-order valence-electron chi connectivity index (χ4n) is 2.87. The first-order chi connectivity index (χ1) is 11.5. The van der Waals surface area contributed by atoms with Crippen molar-refractivity contribution in [2.24, 2.45) is 0 Å². The molecule has 0 saturated heterocycles. The highest BCUT2D eigenvalue weighted by Gasteiger charge is 2.15. The lowest BCUT2D eigenvalue weighted by Crippen LogP contribution is -2.06. The van der Waals surface area contributed by atoms with Crippen LogP contribution in [0.5, 0.6) is 0 Å². The van der Waals surface area contributed by atoms with Crippen molar-refractivity contribution in [3.05, 3.63) is 30.4 Å². The number of pyridine rings is 2. The normalized spacial score (nSPS) is 12.2. The molecule has 0 N–H and O–H groups in total. The van der Waals surface area contributed by atoms with Crippen LogP contribution in [-0.2, 0) is 22.0 Å². The standard InChI is InChI=1S/C16H19ClN4O2S/c1-2-6-14-20-13-11-19-12-7-5-8-18-15(12)16(13)21(14)9-3-4-10-24(17,22)23/h5,7-8,11H,2-4,6,9-10H2,1H3. The predicted molar refractivity (Wildman–Crippen MR) is 95.7 cm³/mol. The van der Waals surface area contributed by atoms with Crippen LogP contribution < -0.4 is 0 Å². The number of rotatable bonds is 7. The number of aryl methyl sites for hydroxylation is 2. The third kappa shape index (κ3) is 3.67. The predicted octanol–water partition coefficient (Wildman–Crippen LogP) is 3.28. The summed E-state index contributed by atoms with van der Waals surface area (Å²) in [7, 11) is 1.85. The summed E-state index contributed by atoms with van der Waals surface area (Å²) in [5.41, 5.74) is 3.46. The van der Waals surface area contributed by atoms with Crippen LogP contribution in [-0.4, -0.2) is 33.7 Å². The van der Waals surface area contributed by atoms with Crippen LogP contribution in [0, 0.1) is 0 Å². The van der Waals surface area contributed by atoms with Crippen molar-refractivity contribution >= 4 is 41.8 Å². The van der Waals surface area contributed by atoms with Gasteiger partial charge in [-0.2, -0.15) is 0 Å². The molecule has 24 heavy (non-hydrogen) atoms. The summed E-state index contributed by atoms with van der Waals surface area (Å²) < 4.78 is 24.3. The fraction of sp³-hybridized carbons (Fsp3) is 0.438. The van der Waals surface area contributed by atoms with E-state index in [1.807, 2.05) is 12.1 Å². The van der Waals surface area contributed by atoms with Gasteiger partial charge in [-0.3, -0.25) is 9.97 Å². The van der Waals surface area contributed by atoms with Crippen molar-refractivity contribution in [3.8, 4) is 0 Å². The monoisotopic (exact) mass is 366 g/mol. The van der Waals surface area contributed by atoms with Crippen molar-refractivity contribution < 1.29 is 8.42 Å². The summed E-state index contributed by atoms with van der Waals surface area (Å²) in [6, 6.07) is 3.79. The number of nitrogens with zero attached hydrogens (tertiary/aromatic N) is 4. The van der Waals surface area contributed by atoms with Gasteiger partial charge in [-0.05, 0) is 31.4 Å². The lowest BCUT2D eigenvalue weighted by molar-refractivity contribution is 0.589. The number of aromatic nitrogens is 4. The lowest BCUT2D eigenvalue weighted by Gasteiger charge is -2.09. The van der Waals surface area contributed by atoms with Crippen LogP contribution in [0.1, 0.15) is 32.0 Å². The molecule has 0 aliphatic carbocycles. The maximum absolute atomic E-state index is 11.1. The molecule has 0 radical (unpaired) electrons. The zero-order valence-corrected chi connectivity index (χ0v) is 15.0. The summed E-state index contributed by atoms with van der Waals surface area (Å²) in [5, 5.41) is 0. The van der Waals surface area contributed by atoms with E-state index in [4.69, 9.17) is 15.7 Å². The van der Waals surface area contributed by atoms with Gasteiger partial charge in [0, 0.05) is 29.8 Å². The molecular formula is C16H19ClN4O2S. The van der Waals surface area contributed by atoms with Crippen molar-refractivity contribution in [2.45, 2.75) is 39.2 Å². The van der Waals surface area contributed by atoms with Crippen LogP contribution in [0.2, 0.25) is 0 Å². The number of hydrogen-bond acceptors (Lipinski definition) is 5. The van der Waals surface area contributed by atoms with E-state index in [9.17, 15) is 8.42 Å². The van der Waals surface area contributed by atoms with Gasteiger partial charge in [0.25, 0.3) is 0 Å². The van der Waals surface area contributed by atoms with Gasteiger partial charge in [-0.15, -0.1) is 0 Å². The third-order valence-electron chi connectivity index (χ3n) is 3.90. The Kier molecular flexibility index (Phi) is 5.01. The molecule has 6 nitrogen and oxygen atoms in total. The van der Waals surface area contributed by atoms with Crippen molar-refractivity contribution in [2.75, 3.05) is 5.75 Å². The van der Waals surface area contributed by atoms with Gasteiger partial charge >= 0.3 is 0 Å². The largest absolute Gasteiger partial charge is 0.326 e. The quantitative estimate of drug-likeness (QED) is 0.473. The highest BCUT2D eigenvalue weighted by molar-refractivity contribution is 8.13. The molecule has 0 aliphatic heterocycles. The van der Waals surface area contributed by atoms with Crippen molar-refractivity contribution in [3.63, 3.8) is 0 Å². The van der Waals surface area contributed by atoms with Crippen LogP contribution in [0.4, 0.5) is 0 Å². The van der Waals surface area contributed by atoms with Gasteiger partial charge in [-0.1, -0.05) is 6.92 Å². The molecule has 0 unspecified atom stereocenters. The fourth-order valence-corrected chi connectivity index (χ4v) is 3.75. The second-order valence-corrected chi connectivity index (χ2v) is 8.64. The lowest BCUT2D eigenvalue weighted by atomic mass is 10.2. The first-order valence-electron chi connectivity index (χ1n) is 8.01. The van der Waals surface area contributed by atoms with E-state index < -0.39 is 9.05 Å². The smallest absolute Gasteiger partial charge is 0.232 e. The number of fused-ring (bicyclic) bond motifs is 3. The molecule has 3 aromatic heterocycles. The minimum atomic E-state index is -3.44. The number of hydrogen-bond donors (Lipinski definition) is 0. The Balaban J connectivity index is 1.99. The number of imidazole rings is 1. The molecule has 8 heteroatoms. The van der Waals surface area contributed by atoms with E-state index in [1.54, 1.807) is 12.4 Å². The molecule has 0 saturated carbocycles. The Labute approximate surface area is 145 Å². The molecule has 0 fully saturated rings.